The van der Waals surface area contributed by atoms with Gasteiger partial charge in [-0.25, -0.2) is 0 Å². The summed E-state index contributed by atoms with van der Waals surface area (Å²) in [4.78, 5) is 0. The Kier molecular flexibility index (Phi) is 5.47. The van der Waals surface area contributed by atoms with Crippen molar-refractivity contribution in [3.63, 3.8) is 0 Å². The Morgan fingerprint density at radius 1 is 1.00 bits per heavy atom. The average Bonchev–Trinajstić information content (AvgIpc) is 2.53. The molecule has 2 aromatic carbocycles. The minimum absolute atomic E-state index is 0.0660. The first kappa shape index (κ1) is 15.7. The first-order chi connectivity index (χ1) is 10.2. The molecule has 0 aliphatic heterocycles. The Morgan fingerprint density at radius 3 is 2.29 bits per heavy atom. The highest BCUT2D eigenvalue weighted by Crippen LogP contribution is 2.34. The van der Waals surface area contributed by atoms with Crippen molar-refractivity contribution in [2.75, 3.05) is 14.2 Å². The molecular weight excluding hydrogens is 336 g/mol. The summed E-state index contributed by atoms with van der Waals surface area (Å²) in [6.45, 7) is 0.344. The molecule has 0 fully saturated rings. The van der Waals surface area contributed by atoms with Crippen molar-refractivity contribution in [2.24, 2.45) is 0 Å². The molecule has 0 aromatic heterocycles. The van der Waals surface area contributed by atoms with Crippen molar-refractivity contribution in [2.45, 2.75) is 13.2 Å². The maximum Gasteiger partial charge on any atom is 0.162 e. The number of rotatable bonds is 6. The lowest BCUT2D eigenvalue weighted by atomic mass is 10.2. The Morgan fingerprint density at radius 2 is 1.71 bits per heavy atom. The lowest BCUT2D eigenvalue weighted by Crippen LogP contribution is -1.99. The van der Waals surface area contributed by atoms with E-state index >= 15 is 0 Å². The summed E-state index contributed by atoms with van der Waals surface area (Å²) in [6, 6.07) is 11.2. The van der Waals surface area contributed by atoms with E-state index in [0.717, 1.165) is 21.3 Å². The summed E-state index contributed by atoms with van der Waals surface area (Å²) in [7, 11) is 3.22. The summed E-state index contributed by atoms with van der Waals surface area (Å²) in [5, 5.41) is 9.31. The van der Waals surface area contributed by atoms with Gasteiger partial charge in [0, 0.05) is 4.47 Å². The largest absolute Gasteiger partial charge is 0.497 e. The standard InChI is InChI=1S/C16H17BrO4/c1-19-13-5-3-11(4-6-13)10-21-16-7-12(9-18)14(17)8-15(16)20-2/h3-8,18H,9-10H2,1-2H3. The van der Waals surface area contributed by atoms with E-state index in [9.17, 15) is 5.11 Å². The van der Waals surface area contributed by atoms with Gasteiger partial charge < -0.3 is 19.3 Å². The molecule has 0 amide bonds. The third kappa shape index (κ3) is 3.89. The van der Waals surface area contributed by atoms with E-state index in [1.54, 1.807) is 26.4 Å². The van der Waals surface area contributed by atoms with Crippen LogP contribution in [0.2, 0.25) is 0 Å². The zero-order chi connectivity index (χ0) is 15.2. The molecule has 5 heteroatoms. The molecule has 0 bridgehead atoms. The highest BCUT2D eigenvalue weighted by Gasteiger charge is 2.10. The Labute approximate surface area is 132 Å². The Balaban J connectivity index is 2.14. The quantitative estimate of drug-likeness (QED) is 0.863. The third-order valence-corrected chi connectivity index (χ3v) is 3.79. The van der Waals surface area contributed by atoms with Gasteiger partial charge in [-0.15, -0.1) is 0 Å². The van der Waals surface area contributed by atoms with Gasteiger partial charge in [0.15, 0.2) is 11.5 Å². The van der Waals surface area contributed by atoms with Crippen LogP contribution >= 0.6 is 15.9 Å². The molecule has 4 nitrogen and oxygen atoms in total. The highest BCUT2D eigenvalue weighted by atomic mass is 79.9. The molecule has 0 spiro atoms. The number of aliphatic hydroxyl groups excluding tert-OH is 1. The van der Waals surface area contributed by atoms with Crippen molar-refractivity contribution in [3.8, 4) is 17.2 Å². The minimum atomic E-state index is -0.0660. The lowest BCUT2D eigenvalue weighted by molar-refractivity contribution is 0.271. The van der Waals surface area contributed by atoms with Gasteiger partial charge in [0.25, 0.3) is 0 Å². The van der Waals surface area contributed by atoms with Gasteiger partial charge in [-0.2, -0.15) is 0 Å². The fraction of sp³-hybridized carbons (Fsp3) is 0.250. The van der Waals surface area contributed by atoms with Crippen molar-refractivity contribution in [3.05, 3.63) is 52.0 Å². The smallest absolute Gasteiger partial charge is 0.162 e. The zero-order valence-corrected chi connectivity index (χ0v) is 13.5. The SMILES string of the molecule is COc1ccc(COc2cc(CO)c(Br)cc2OC)cc1. The zero-order valence-electron chi connectivity index (χ0n) is 11.9. The summed E-state index contributed by atoms with van der Waals surface area (Å²) >= 11 is 3.38. The molecule has 0 aliphatic rings. The Hall–Kier alpha value is -1.72. The van der Waals surface area contributed by atoms with E-state index in [1.807, 2.05) is 24.3 Å². The fourth-order valence-corrected chi connectivity index (χ4v) is 2.30. The molecule has 21 heavy (non-hydrogen) atoms. The van der Waals surface area contributed by atoms with Crippen LogP contribution in [-0.2, 0) is 13.2 Å². The molecule has 0 atom stereocenters. The molecular formula is C16H17BrO4. The molecule has 0 saturated carbocycles. The summed E-state index contributed by atoms with van der Waals surface area (Å²) in [6.07, 6.45) is 0. The van der Waals surface area contributed by atoms with Gasteiger partial charge in [0.05, 0.1) is 20.8 Å². The van der Waals surface area contributed by atoms with E-state index in [0.29, 0.717) is 18.1 Å². The second kappa shape index (κ2) is 7.33. The molecule has 0 saturated heterocycles. The van der Waals surface area contributed by atoms with Gasteiger partial charge >= 0.3 is 0 Å². The highest BCUT2D eigenvalue weighted by molar-refractivity contribution is 9.10. The molecule has 1 N–H and O–H groups in total. The lowest BCUT2D eigenvalue weighted by Gasteiger charge is -2.13. The van der Waals surface area contributed by atoms with Crippen LogP contribution in [0.3, 0.4) is 0 Å². The van der Waals surface area contributed by atoms with Crippen LogP contribution in [0.4, 0.5) is 0 Å². The van der Waals surface area contributed by atoms with E-state index in [1.165, 1.54) is 0 Å². The van der Waals surface area contributed by atoms with Crippen LogP contribution in [0.5, 0.6) is 17.2 Å². The van der Waals surface area contributed by atoms with Gasteiger partial charge in [-0.3, -0.25) is 0 Å². The van der Waals surface area contributed by atoms with Crippen LogP contribution in [-0.4, -0.2) is 19.3 Å². The molecule has 2 rings (SSSR count). The van der Waals surface area contributed by atoms with Crippen molar-refractivity contribution in [1.29, 1.82) is 0 Å². The molecule has 0 unspecified atom stereocenters. The van der Waals surface area contributed by atoms with Crippen molar-refractivity contribution >= 4 is 15.9 Å². The van der Waals surface area contributed by atoms with Gasteiger partial charge in [0.2, 0.25) is 0 Å². The molecule has 2 aromatic rings. The number of benzene rings is 2. The van der Waals surface area contributed by atoms with E-state index in [4.69, 9.17) is 14.2 Å². The van der Waals surface area contributed by atoms with Crippen LogP contribution in [0.25, 0.3) is 0 Å². The maximum absolute atomic E-state index is 9.31. The first-order valence-electron chi connectivity index (χ1n) is 6.41. The Bertz CT molecular complexity index is 596. The summed E-state index contributed by atoms with van der Waals surface area (Å²) < 4.78 is 17.0. The molecule has 0 heterocycles. The number of methoxy groups -OCH3 is 2. The van der Waals surface area contributed by atoms with Gasteiger partial charge in [-0.05, 0) is 35.4 Å². The molecule has 0 aliphatic carbocycles. The van der Waals surface area contributed by atoms with Gasteiger partial charge in [0.1, 0.15) is 12.4 Å². The molecule has 112 valence electrons. The first-order valence-corrected chi connectivity index (χ1v) is 7.20. The maximum atomic E-state index is 9.31. The minimum Gasteiger partial charge on any atom is -0.497 e. The van der Waals surface area contributed by atoms with Gasteiger partial charge in [-0.1, -0.05) is 28.1 Å². The second-order valence-electron chi connectivity index (χ2n) is 4.39. The van der Waals surface area contributed by atoms with E-state index in [-0.39, 0.29) is 6.61 Å². The predicted molar refractivity (Wildman–Crippen MR) is 83.9 cm³/mol. The monoisotopic (exact) mass is 352 g/mol. The van der Waals surface area contributed by atoms with Crippen LogP contribution < -0.4 is 14.2 Å². The van der Waals surface area contributed by atoms with Crippen LogP contribution in [0.15, 0.2) is 40.9 Å². The number of ether oxygens (including phenoxy) is 3. The summed E-state index contributed by atoms with van der Waals surface area (Å²) in [5.41, 5.74) is 1.77. The topological polar surface area (TPSA) is 47.9 Å². The number of aliphatic hydroxyl groups is 1. The third-order valence-electron chi connectivity index (χ3n) is 3.06. The second-order valence-corrected chi connectivity index (χ2v) is 5.24. The number of halogens is 1. The number of hydrogen-bond donors (Lipinski definition) is 1. The van der Waals surface area contributed by atoms with Crippen LogP contribution in [0.1, 0.15) is 11.1 Å². The van der Waals surface area contributed by atoms with Crippen LogP contribution in [0, 0.1) is 0 Å². The van der Waals surface area contributed by atoms with E-state index < -0.39 is 0 Å². The van der Waals surface area contributed by atoms with E-state index in [2.05, 4.69) is 15.9 Å². The van der Waals surface area contributed by atoms with Crippen molar-refractivity contribution < 1.29 is 19.3 Å². The predicted octanol–water partition coefficient (Wildman–Crippen LogP) is 3.54. The summed E-state index contributed by atoms with van der Waals surface area (Å²) in [5.74, 6) is 2.02. The van der Waals surface area contributed by atoms with Crippen molar-refractivity contribution in [1.82, 2.24) is 0 Å². The average molecular weight is 353 g/mol. The number of hydrogen-bond acceptors (Lipinski definition) is 4. The normalized spacial score (nSPS) is 10.3. The molecule has 0 radical (unpaired) electrons. The fourth-order valence-electron chi connectivity index (χ4n) is 1.85.